The fourth-order valence-corrected chi connectivity index (χ4v) is 4.87. The lowest BCUT2D eigenvalue weighted by Gasteiger charge is -2.21. The number of anilines is 1. The quantitative estimate of drug-likeness (QED) is 0.379. The number of nitrogens with one attached hydrogen (secondary N) is 1. The van der Waals surface area contributed by atoms with Gasteiger partial charge in [-0.1, -0.05) is 13.0 Å². The van der Waals surface area contributed by atoms with Crippen molar-refractivity contribution in [2.45, 2.75) is 38.9 Å². The van der Waals surface area contributed by atoms with Crippen molar-refractivity contribution in [1.29, 1.82) is 0 Å². The highest BCUT2D eigenvalue weighted by molar-refractivity contribution is 7.93. The fourth-order valence-electron chi connectivity index (χ4n) is 3.64. The summed E-state index contributed by atoms with van der Waals surface area (Å²) in [6.45, 7) is 6.97. The summed E-state index contributed by atoms with van der Waals surface area (Å²) in [6, 6.07) is 6.09. The molecule has 12 heteroatoms. The number of ether oxygens (including phenoxy) is 1. The van der Waals surface area contributed by atoms with E-state index in [1.807, 2.05) is 13.8 Å². The number of rotatable bonds is 8. The van der Waals surface area contributed by atoms with Crippen molar-refractivity contribution in [2.24, 2.45) is 0 Å². The summed E-state index contributed by atoms with van der Waals surface area (Å²) in [7, 11) is -2.65. The van der Waals surface area contributed by atoms with Crippen molar-refractivity contribution in [3.63, 3.8) is 0 Å². The number of methoxy groups -OCH3 is 1. The van der Waals surface area contributed by atoms with Gasteiger partial charge < -0.3 is 4.74 Å². The molecular weight excluding hydrogens is 485 g/mol. The summed E-state index contributed by atoms with van der Waals surface area (Å²) in [6.07, 6.45) is 6.47. The number of hydrogen-bond acceptors (Lipinski definition) is 8. The number of hydrogen-bond donors (Lipinski definition) is 1. The molecule has 2 unspecified atom stereocenters. The van der Waals surface area contributed by atoms with E-state index in [0.29, 0.717) is 11.4 Å². The second-order valence-electron chi connectivity index (χ2n) is 8.48. The Morgan fingerprint density at radius 1 is 1.03 bits per heavy atom. The first-order valence-corrected chi connectivity index (χ1v) is 12.7. The number of benzene rings is 1. The van der Waals surface area contributed by atoms with E-state index in [9.17, 15) is 8.42 Å². The van der Waals surface area contributed by atoms with Crippen molar-refractivity contribution >= 4 is 16.0 Å². The molecule has 0 spiro atoms. The van der Waals surface area contributed by atoms with Gasteiger partial charge in [-0.15, -0.1) is 10.2 Å². The monoisotopic (exact) mass is 511 g/mol. The molecule has 4 aromatic rings. The van der Waals surface area contributed by atoms with Crippen LogP contribution in [0, 0.1) is 19.7 Å². The van der Waals surface area contributed by atoms with E-state index >= 15 is 4.39 Å². The van der Waals surface area contributed by atoms with E-state index in [1.54, 1.807) is 50.8 Å². The van der Waals surface area contributed by atoms with Crippen LogP contribution in [0.3, 0.4) is 0 Å². The van der Waals surface area contributed by atoms with E-state index in [-0.39, 0.29) is 23.2 Å². The number of nitrogens with zero attached hydrogens (tertiary/aromatic N) is 6. The maximum absolute atomic E-state index is 15.2. The molecule has 188 valence electrons. The van der Waals surface area contributed by atoms with Gasteiger partial charge in [-0.25, -0.2) is 22.8 Å². The minimum absolute atomic E-state index is 0.0400. The largest absolute Gasteiger partial charge is 0.494 e. The Bertz CT molecular complexity index is 1490. The molecule has 0 saturated carbocycles. The summed E-state index contributed by atoms with van der Waals surface area (Å²) < 4.78 is 51.2. The highest BCUT2D eigenvalue weighted by Gasteiger charge is 2.32. The summed E-state index contributed by atoms with van der Waals surface area (Å²) in [4.78, 5) is 12.7. The van der Waals surface area contributed by atoms with Crippen molar-refractivity contribution in [2.75, 3.05) is 11.8 Å². The number of halogens is 1. The lowest BCUT2D eigenvalue weighted by Crippen LogP contribution is -2.31. The summed E-state index contributed by atoms with van der Waals surface area (Å²) >= 11 is 0. The molecule has 0 amide bonds. The first kappa shape index (κ1) is 25.2. The van der Waals surface area contributed by atoms with Crippen LogP contribution in [-0.4, -0.2) is 50.5 Å². The first-order chi connectivity index (χ1) is 17.1. The van der Waals surface area contributed by atoms with Crippen LogP contribution in [-0.2, 0) is 10.0 Å². The second-order valence-corrected chi connectivity index (χ2v) is 10.5. The van der Waals surface area contributed by atoms with Gasteiger partial charge in [0, 0.05) is 36.3 Å². The topological polar surface area (TPSA) is 125 Å². The minimum Gasteiger partial charge on any atom is -0.494 e. The molecule has 36 heavy (non-hydrogen) atoms. The molecule has 3 aromatic heterocycles. The first-order valence-electron chi connectivity index (χ1n) is 11.1. The average molecular weight is 512 g/mol. The molecule has 0 saturated heterocycles. The Morgan fingerprint density at radius 2 is 1.75 bits per heavy atom. The second kappa shape index (κ2) is 9.97. The van der Waals surface area contributed by atoms with Gasteiger partial charge in [0.1, 0.15) is 17.3 Å². The number of pyridine rings is 1. The van der Waals surface area contributed by atoms with Crippen LogP contribution in [0.15, 0.2) is 49.1 Å². The van der Waals surface area contributed by atoms with Gasteiger partial charge in [0.2, 0.25) is 16.0 Å². The van der Waals surface area contributed by atoms with Crippen molar-refractivity contribution < 1.29 is 17.5 Å². The molecule has 0 bridgehead atoms. The van der Waals surface area contributed by atoms with Crippen molar-refractivity contribution in [3.8, 4) is 22.8 Å². The van der Waals surface area contributed by atoms with Gasteiger partial charge in [-0.2, -0.15) is 0 Å². The maximum Gasteiger partial charge on any atom is 0.243 e. The van der Waals surface area contributed by atoms with E-state index in [0.717, 1.165) is 11.1 Å². The summed E-state index contributed by atoms with van der Waals surface area (Å²) in [5.74, 6) is -0.628. The zero-order valence-corrected chi connectivity index (χ0v) is 21.3. The Morgan fingerprint density at radius 3 is 2.42 bits per heavy atom. The maximum atomic E-state index is 15.2. The molecule has 4 rings (SSSR count). The lowest BCUT2D eigenvalue weighted by atomic mass is 10.1. The Balaban J connectivity index is 1.81. The van der Waals surface area contributed by atoms with Crippen LogP contribution >= 0.6 is 0 Å². The molecule has 10 nitrogen and oxygen atoms in total. The van der Waals surface area contributed by atoms with Crippen LogP contribution in [0.2, 0.25) is 0 Å². The third-order valence-electron chi connectivity index (χ3n) is 5.82. The third kappa shape index (κ3) is 4.89. The predicted molar refractivity (Wildman–Crippen MR) is 133 cm³/mol. The van der Waals surface area contributed by atoms with Gasteiger partial charge >= 0.3 is 0 Å². The number of aryl methyl sites for hydroxylation is 2. The zero-order valence-electron chi connectivity index (χ0n) is 20.5. The predicted octanol–water partition coefficient (Wildman–Crippen LogP) is 3.82. The normalized spacial score (nSPS) is 13.3. The minimum atomic E-state index is -4.04. The molecule has 3 heterocycles. The molecule has 0 aliphatic rings. The lowest BCUT2D eigenvalue weighted by molar-refractivity contribution is 0.409. The molecule has 1 N–H and O–H groups in total. The number of para-hydroxylation sites is 1. The molecular formula is C24H26FN7O3S. The van der Waals surface area contributed by atoms with Crippen LogP contribution < -0.4 is 9.46 Å². The fraction of sp³-hybridized carbons (Fsp3) is 0.292. The van der Waals surface area contributed by atoms with Gasteiger partial charge in [0.25, 0.3) is 0 Å². The third-order valence-corrected chi connectivity index (χ3v) is 7.68. The number of sulfonamides is 1. The van der Waals surface area contributed by atoms with Crippen LogP contribution in [0.5, 0.6) is 5.75 Å². The van der Waals surface area contributed by atoms with Gasteiger partial charge in [0.15, 0.2) is 11.6 Å². The SMILES string of the molecule is COc1cccc(F)c1-n1c(NS(=O)(=O)C(C)C(C)c2ncc(C)cn2)nnc1-c1cncc(C)c1. The van der Waals surface area contributed by atoms with E-state index in [1.165, 1.54) is 23.8 Å². The standard InChI is InChI=1S/C24H26FN7O3S/c1-14-9-18(13-26-10-14)23-29-30-24(32(23)21-19(25)7-6-8-20(21)35-5)31-36(33,34)17(4)16(3)22-27-11-15(2)12-28-22/h6-13,16-17H,1-5H3,(H,30,31). The van der Waals surface area contributed by atoms with Crippen molar-refractivity contribution in [1.82, 2.24) is 29.7 Å². The molecule has 0 aliphatic heterocycles. The van der Waals surface area contributed by atoms with E-state index in [2.05, 4.69) is 29.9 Å². The van der Waals surface area contributed by atoms with E-state index < -0.39 is 27.0 Å². The molecule has 2 atom stereocenters. The molecule has 0 aliphatic carbocycles. The highest BCUT2D eigenvalue weighted by Crippen LogP contribution is 2.34. The average Bonchev–Trinajstić information content (AvgIpc) is 3.25. The zero-order chi connectivity index (χ0) is 26.0. The van der Waals surface area contributed by atoms with E-state index in [4.69, 9.17) is 4.74 Å². The highest BCUT2D eigenvalue weighted by atomic mass is 32.2. The Kier molecular flexibility index (Phi) is 6.97. The van der Waals surface area contributed by atoms with Gasteiger partial charge in [-0.3, -0.25) is 14.3 Å². The summed E-state index contributed by atoms with van der Waals surface area (Å²) in [5, 5.41) is 7.30. The smallest absolute Gasteiger partial charge is 0.243 e. The molecule has 0 radical (unpaired) electrons. The van der Waals surface area contributed by atoms with Crippen LogP contribution in [0.4, 0.5) is 10.3 Å². The van der Waals surface area contributed by atoms with Gasteiger partial charge in [-0.05, 0) is 50.1 Å². The van der Waals surface area contributed by atoms with Crippen molar-refractivity contribution in [3.05, 3.63) is 71.8 Å². The Hall–Kier alpha value is -3.93. The number of aromatic nitrogens is 6. The Labute approximate surface area is 208 Å². The van der Waals surface area contributed by atoms with Crippen LogP contribution in [0.1, 0.15) is 36.7 Å². The molecule has 1 aromatic carbocycles. The van der Waals surface area contributed by atoms with Gasteiger partial charge in [0.05, 0.1) is 12.4 Å². The molecule has 0 fully saturated rings. The summed E-state index contributed by atoms with van der Waals surface area (Å²) in [5.41, 5.74) is 2.18. The van der Waals surface area contributed by atoms with Crippen LogP contribution in [0.25, 0.3) is 17.1 Å².